The zero-order valence-corrected chi connectivity index (χ0v) is 27.5. The van der Waals surface area contributed by atoms with E-state index >= 15 is 0 Å². The number of rotatable bonds is 12. The van der Waals surface area contributed by atoms with E-state index < -0.39 is 24.6 Å². The van der Waals surface area contributed by atoms with E-state index in [1.165, 1.54) is 21.7 Å². The molecule has 0 radical (unpaired) electrons. The smallest absolute Gasteiger partial charge is 0.325 e. The highest BCUT2D eigenvalue weighted by Crippen LogP contribution is 2.00. The minimum absolute atomic E-state index is 0. The molecule has 20 heteroatoms. The number of halogens is 3. The highest BCUT2D eigenvalue weighted by atomic mass is 35.5. The van der Waals surface area contributed by atoms with Crippen molar-refractivity contribution in [3.8, 4) is 0 Å². The Morgan fingerprint density at radius 1 is 0.750 bits per heavy atom. The number of hydrogen-bond acceptors (Lipinski definition) is 11. The number of ether oxygens (including phenoxy) is 3. The summed E-state index contributed by atoms with van der Waals surface area (Å²) in [5.41, 5.74) is 16.3. The second-order valence-corrected chi connectivity index (χ2v) is 8.19. The van der Waals surface area contributed by atoms with Gasteiger partial charge in [-0.05, 0) is 12.5 Å². The number of esters is 3. The Bertz CT molecular complexity index is 982. The number of benzene rings is 1. The highest BCUT2D eigenvalue weighted by Gasteiger charge is 2.11. The van der Waals surface area contributed by atoms with Crippen molar-refractivity contribution in [2.45, 2.75) is 19.6 Å². The predicted molar refractivity (Wildman–Crippen MR) is 172 cm³/mol. The third kappa shape index (κ3) is 28.4. The van der Waals surface area contributed by atoms with Crippen molar-refractivity contribution >= 4 is 73.0 Å². The van der Waals surface area contributed by atoms with E-state index in [1.54, 1.807) is 21.0 Å². The molecule has 11 N–H and O–H groups in total. The molecule has 1 unspecified atom stereocenters. The van der Waals surface area contributed by atoms with E-state index in [0.29, 0.717) is 6.61 Å². The molecule has 17 nitrogen and oxygen atoms in total. The van der Waals surface area contributed by atoms with Crippen molar-refractivity contribution in [2.75, 3.05) is 60.6 Å². The van der Waals surface area contributed by atoms with Gasteiger partial charge in [0.1, 0.15) is 39.0 Å². The molecule has 0 amide bonds. The maximum atomic E-state index is 11.3. The van der Waals surface area contributed by atoms with Crippen LogP contribution in [0.1, 0.15) is 12.5 Å². The number of nitrogens with two attached hydrogens (primary N) is 3. The average molecular weight is 695 g/mol. The first-order valence-electron chi connectivity index (χ1n) is 12.1. The normalized spacial score (nSPS) is 9.50. The van der Waals surface area contributed by atoms with Gasteiger partial charge in [0, 0.05) is 21.1 Å². The fourth-order valence-electron chi connectivity index (χ4n) is 2.11. The fraction of sp³-hybridized carbons (Fsp3) is 0.500. The first kappa shape index (κ1) is 49.9. The van der Waals surface area contributed by atoms with E-state index in [9.17, 15) is 14.4 Å². The number of nitrogens with zero attached hydrogens (tertiary/aromatic N) is 3. The predicted octanol–water partition coefficient (Wildman–Crippen LogP) is -1.10. The summed E-state index contributed by atoms with van der Waals surface area (Å²) in [4.78, 5) is 36.8. The number of hydrogen-bond donors (Lipinski definition) is 8. The van der Waals surface area contributed by atoms with Crippen molar-refractivity contribution in [3.63, 3.8) is 0 Å². The van der Waals surface area contributed by atoms with E-state index in [-0.39, 0.29) is 93.9 Å². The van der Waals surface area contributed by atoms with E-state index in [1.807, 2.05) is 30.3 Å². The molecular formula is C24H46Cl3N9O8. The van der Waals surface area contributed by atoms with E-state index in [4.69, 9.17) is 48.4 Å². The molecule has 0 fully saturated rings. The Morgan fingerprint density at radius 2 is 1.11 bits per heavy atom. The zero-order valence-electron chi connectivity index (χ0n) is 25.1. The molecule has 256 valence electrons. The van der Waals surface area contributed by atoms with Crippen molar-refractivity contribution in [2.24, 2.45) is 17.2 Å². The van der Waals surface area contributed by atoms with Gasteiger partial charge in [0.05, 0.1) is 13.2 Å². The lowest BCUT2D eigenvalue weighted by Crippen LogP contribution is -2.38. The van der Waals surface area contributed by atoms with Crippen LogP contribution in [-0.2, 0) is 35.2 Å². The van der Waals surface area contributed by atoms with Gasteiger partial charge in [0.2, 0.25) is 0 Å². The number of aliphatic hydroxyl groups excluding tert-OH is 2. The second-order valence-electron chi connectivity index (χ2n) is 8.19. The lowest BCUT2D eigenvalue weighted by Gasteiger charge is -2.15. The molecule has 0 aliphatic rings. The second kappa shape index (κ2) is 29.3. The van der Waals surface area contributed by atoms with Crippen LogP contribution in [0.2, 0.25) is 0 Å². The van der Waals surface area contributed by atoms with Gasteiger partial charge in [0.25, 0.3) is 0 Å². The van der Waals surface area contributed by atoms with E-state index in [0.717, 1.165) is 5.56 Å². The lowest BCUT2D eigenvalue weighted by molar-refractivity contribution is -0.147. The minimum atomic E-state index is -1.07. The molecule has 0 aromatic heterocycles. The van der Waals surface area contributed by atoms with Crippen LogP contribution in [0.3, 0.4) is 0 Å². The van der Waals surface area contributed by atoms with Crippen LogP contribution >= 0.6 is 37.2 Å². The molecule has 1 rings (SSSR count). The summed E-state index contributed by atoms with van der Waals surface area (Å²) in [5, 5.41) is 38.2. The Hall–Kier alpha value is -3.77. The molecule has 1 aromatic carbocycles. The van der Waals surface area contributed by atoms with E-state index in [2.05, 4.69) is 9.47 Å². The Kier molecular flexibility index (Phi) is 33.2. The fourth-order valence-corrected chi connectivity index (χ4v) is 2.11. The van der Waals surface area contributed by atoms with Gasteiger partial charge in [-0.1, -0.05) is 30.3 Å². The molecule has 0 bridgehead atoms. The van der Waals surface area contributed by atoms with Crippen molar-refractivity contribution in [3.05, 3.63) is 35.9 Å². The third-order valence-corrected chi connectivity index (χ3v) is 4.53. The zero-order chi connectivity index (χ0) is 32.0. The van der Waals surface area contributed by atoms with Crippen LogP contribution in [0.4, 0.5) is 0 Å². The van der Waals surface area contributed by atoms with Gasteiger partial charge < -0.3 is 56.3 Å². The summed E-state index contributed by atoms with van der Waals surface area (Å²) in [6.07, 6.45) is -1.07. The summed E-state index contributed by atoms with van der Waals surface area (Å²) >= 11 is 0. The minimum Gasteiger partial charge on any atom is -0.465 e. The lowest BCUT2D eigenvalue weighted by atomic mass is 10.2. The average Bonchev–Trinajstić information content (AvgIpc) is 2.91. The standard InChI is InChI=1S/C11H15N3O2.C7H15N3O4.C6H13N3O2.3ClH/c1-14(11(12)13)7-10(15)16-8-9-5-3-2-4-6-9;1-10(7(8)9)2-6(13)14-4-5(12)3-11;1-3-11-5(10)4-9(2)6(7)8;;;/h2-6H,7-8H2,1H3,(H3,12,13);5,11-12H,2-4H2,1H3,(H3,8,9);3-4H2,1-2H3,(H3,7,8);3*1H. The van der Waals surface area contributed by atoms with Crippen LogP contribution in [0.25, 0.3) is 0 Å². The first-order valence-corrected chi connectivity index (χ1v) is 12.1. The first-order chi connectivity index (χ1) is 19.1. The Balaban J connectivity index is -0.000000170. The topological polar surface area (TPSA) is 279 Å². The molecule has 0 spiro atoms. The van der Waals surface area contributed by atoms with Crippen LogP contribution in [0.5, 0.6) is 0 Å². The number of aliphatic hydroxyl groups is 2. The van der Waals surface area contributed by atoms with Gasteiger partial charge >= 0.3 is 17.9 Å². The van der Waals surface area contributed by atoms with Gasteiger partial charge in [-0.15, -0.1) is 37.2 Å². The third-order valence-electron chi connectivity index (χ3n) is 4.53. The molecule has 0 aliphatic carbocycles. The Morgan fingerprint density at radius 3 is 1.45 bits per heavy atom. The maximum Gasteiger partial charge on any atom is 0.325 e. The van der Waals surface area contributed by atoms with Crippen LogP contribution in [0, 0.1) is 16.2 Å². The number of carbonyl (C=O) groups is 3. The molecule has 0 saturated carbocycles. The molecule has 44 heavy (non-hydrogen) atoms. The number of guanidine groups is 3. The van der Waals surface area contributed by atoms with Gasteiger partial charge in [-0.3, -0.25) is 30.6 Å². The van der Waals surface area contributed by atoms with Gasteiger partial charge in [0.15, 0.2) is 17.9 Å². The van der Waals surface area contributed by atoms with Crippen LogP contribution < -0.4 is 17.2 Å². The van der Waals surface area contributed by atoms with Crippen molar-refractivity contribution < 1.29 is 38.8 Å². The molecule has 1 aromatic rings. The number of carbonyl (C=O) groups excluding carboxylic acids is 3. The summed E-state index contributed by atoms with van der Waals surface area (Å²) in [6.45, 7) is 1.46. The summed E-state index contributed by atoms with van der Waals surface area (Å²) < 4.78 is 14.2. The Labute approximate surface area is 275 Å². The van der Waals surface area contributed by atoms with Gasteiger partial charge in [-0.2, -0.15) is 0 Å². The van der Waals surface area contributed by atoms with Crippen LogP contribution in [-0.4, -0.2) is 127 Å². The summed E-state index contributed by atoms with van der Waals surface area (Å²) in [7, 11) is 4.58. The molecule has 0 saturated heterocycles. The summed E-state index contributed by atoms with van der Waals surface area (Å²) in [5.74, 6) is -1.93. The SMILES string of the molecule is CCOC(=O)CN(C)C(=N)N.CN(CC(=O)OCC(O)CO)C(=N)N.CN(CC(=O)OCc1ccccc1)C(=N)N.Cl.Cl.Cl. The largest absolute Gasteiger partial charge is 0.465 e. The van der Waals surface area contributed by atoms with Crippen molar-refractivity contribution in [1.82, 2.24) is 14.7 Å². The maximum absolute atomic E-state index is 11.3. The quantitative estimate of drug-likeness (QED) is 0.0558. The molecule has 0 heterocycles. The highest BCUT2D eigenvalue weighted by molar-refractivity contribution is 5.86. The molecular weight excluding hydrogens is 649 g/mol. The molecule has 0 aliphatic heterocycles. The number of nitrogens with one attached hydrogen (secondary N) is 3. The van der Waals surface area contributed by atoms with Crippen LogP contribution in [0.15, 0.2) is 30.3 Å². The number of likely N-dealkylation sites (N-methyl/N-ethyl adjacent to an activating group) is 3. The summed E-state index contributed by atoms with van der Waals surface area (Å²) in [6, 6.07) is 9.41. The molecule has 1 atom stereocenters. The van der Waals surface area contributed by atoms with Gasteiger partial charge in [-0.25, -0.2) is 0 Å². The van der Waals surface area contributed by atoms with Crippen molar-refractivity contribution in [1.29, 1.82) is 16.2 Å². The monoisotopic (exact) mass is 693 g/mol.